The molecule has 1 unspecified atom stereocenters. The molecule has 4 rings (SSSR count). The molecule has 25 heavy (non-hydrogen) atoms. The highest BCUT2D eigenvalue weighted by Crippen LogP contribution is 2.30. The number of nitrogens with zero attached hydrogens (tertiary/aromatic N) is 2. The number of carbonyl (C=O) groups excluding carboxylic acids is 3. The lowest BCUT2D eigenvalue weighted by molar-refractivity contribution is -0.132. The van der Waals surface area contributed by atoms with E-state index in [0.717, 1.165) is 36.8 Å². The molecular weight excluding hydrogens is 322 g/mol. The molecular formula is C18H23N3O4. The Bertz CT molecular complexity index is 720. The number of carbonyl (C=O) groups is 3. The zero-order valence-corrected chi connectivity index (χ0v) is 14.4. The molecule has 1 aromatic rings. The van der Waals surface area contributed by atoms with Gasteiger partial charge in [-0.05, 0) is 31.2 Å². The quantitative estimate of drug-likeness (QED) is 0.869. The Balaban J connectivity index is 1.37. The van der Waals surface area contributed by atoms with Crippen molar-refractivity contribution in [3.8, 4) is 0 Å². The molecule has 134 valence electrons. The van der Waals surface area contributed by atoms with Crippen molar-refractivity contribution in [1.82, 2.24) is 15.1 Å². The normalized spacial score (nSPS) is 23.4. The number of hydrogen-bond donors (Lipinski definition) is 1. The minimum atomic E-state index is -0.278. The third-order valence-electron chi connectivity index (χ3n) is 5.66. The number of nitrogens with one attached hydrogen (secondary N) is 1. The van der Waals surface area contributed by atoms with Gasteiger partial charge in [-0.3, -0.25) is 14.4 Å². The van der Waals surface area contributed by atoms with E-state index < -0.39 is 0 Å². The van der Waals surface area contributed by atoms with Gasteiger partial charge in [0.25, 0.3) is 5.91 Å². The van der Waals surface area contributed by atoms with E-state index in [1.54, 1.807) is 23.1 Å². The monoisotopic (exact) mass is 345 g/mol. The predicted octanol–water partition coefficient (Wildman–Crippen LogP) is 0.577. The minimum Gasteiger partial charge on any atom is -0.459 e. The first kappa shape index (κ1) is 16.2. The van der Waals surface area contributed by atoms with E-state index >= 15 is 0 Å². The summed E-state index contributed by atoms with van der Waals surface area (Å²) in [6.45, 7) is 1.47. The van der Waals surface area contributed by atoms with Gasteiger partial charge < -0.3 is 19.5 Å². The summed E-state index contributed by atoms with van der Waals surface area (Å²) >= 11 is 0. The number of rotatable bonds is 3. The smallest absolute Gasteiger partial charge is 0.289 e. The van der Waals surface area contributed by atoms with E-state index in [1.165, 1.54) is 0 Å². The molecule has 0 bridgehead atoms. The van der Waals surface area contributed by atoms with Crippen LogP contribution in [-0.4, -0.2) is 60.2 Å². The van der Waals surface area contributed by atoms with Crippen molar-refractivity contribution in [2.24, 2.45) is 5.92 Å². The molecule has 0 aromatic carbocycles. The highest BCUT2D eigenvalue weighted by Gasteiger charge is 2.44. The first-order valence-electron chi connectivity index (χ1n) is 8.98. The molecule has 1 atom stereocenters. The summed E-state index contributed by atoms with van der Waals surface area (Å²) < 4.78 is 5.56. The van der Waals surface area contributed by atoms with Crippen LogP contribution in [0.4, 0.5) is 0 Å². The number of amides is 3. The SMILES string of the molecule is CNC(=O)C1CC(=O)N(C2CN(C(=O)c3occ4c3CCCC4)C2)C1. The Morgan fingerprint density at radius 1 is 1.20 bits per heavy atom. The molecule has 3 amide bonds. The topological polar surface area (TPSA) is 82.9 Å². The van der Waals surface area contributed by atoms with Gasteiger partial charge in [-0.15, -0.1) is 0 Å². The predicted molar refractivity (Wildman–Crippen MR) is 88.9 cm³/mol. The first-order chi connectivity index (χ1) is 12.1. The molecule has 0 spiro atoms. The summed E-state index contributed by atoms with van der Waals surface area (Å²) in [5, 5.41) is 2.60. The van der Waals surface area contributed by atoms with Crippen molar-refractivity contribution >= 4 is 17.7 Å². The molecule has 0 radical (unpaired) electrons. The van der Waals surface area contributed by atoms with Crippen LogP contribution in [0.2, 0.25) is 0 Å². The number of furan rings is 1. The van der Waals surface area contributed by atoms with Crippen molar-refractivity contribution in [2.75, 3.05) is 26.7 Å². The summed E-state index contributed by atoms with van der Waals surface area (Å²) in [6.07, 6.45) is 6.11. The van der Waals surface area contributed by atoms with Gasteiger partial charge in [0.05, 0.1) is 18.2 Å². The van der Waals surface area contributed by atoms with Gasteiger partial charge in [0.15, 0.2) is 5.76 Å². The van der Waals surface area contributed by atoms with Gasteiger partial charge in [-0.1, -0.05) is 0 Å². The lowest BCUT2D eigenvalue weighted by atomic mass is 9.93. The van der Waals surface area contributed by atoms with Crippen LogP contribution in [0, 0.1) is 5.92 Å². The van der Waals surface area contributed by atoms with Crippen molar-refractivity contribution in [3.63, 3.8) is 0 Å². The first-order valence-corrected chi connectivity index (χ1v) is 8.98. The van der Waals surface area contributed by atoms with Gasteiger partial charge in [0.1, 0.15) is 0 Å². The Morgan fingerprint density at radius 3 is 2.72 bits per heavy atom. The van der Waals surface area contributed by atoms with E-state index in [2.05, 4.69) is 5.32 Å². The van der Waals surface area contributed by atoms with Crippen molar-refractivity contribution in [1.29, 1.82) is 0 Å². The largest absolute Gasteiger partial charge is 0.459 e. The summed E-state index contributed by atoms with van der Waals surface area (Å²) in [5.74, 6) is 0.0313. The molecule has 1 aromatic heterocycles. The maximum atomic E-state index is 12.7. The molecule has 0 saturated carbocycles. The van der Waals surface area contributed by atoms with Crippen LogP contribution in [0.5, 0.6) is 0 Å². The Morgan fingerprint density at radius 2 is 1.96 bits per heavy atom. The maximum Gasteiger partial charge on any atom is 0.289 e. The van der Waals surface area contributed by atoms with E-state index in [9.17, 15) is 14.4 Å². The van der Waals surface area contributed by atoms with E-state index in [4.69, 9.17) is 4.42 Å². The fraction of sp³-hybridized carbons (Fsp3) is 0.611. The Hall–Kier alpha value is -2.31. The van der Waals surface area contributed by atoms with Crippen LogP contribution in [0.15, 0.2) is 10.7 Å². The van der Waals surface area contributed by atoms with Gasteiger partial charge in [0, 0.05) is 38.7 Å². The van der Waals surface area contributed by atoms with Gasteiger partial charge in [0.2, 0.25) is 11.8 Å². The van der Waals surface area contributed by atoms with Crippen molar-refractivity contribution < 1.29 is 18.8 Å². The number of aryl methyl sites for hydroxylation is 1. The molecule has 1 aliphatic carbocycles. The average molecular weight is 345 g/mol. The van der Waals surface area contributed by atoms with Gasteiger partial charge in [-0.2, -0.15) is 0 Å². The van der Waals surface area contributed by atoms with Gasteiger partial charge >= 0.3 is 0 Å². The van der Waals surface area contributed by atoms with Gasteiger partial charge in [-0.25, -0.2) is 0 Å². The lowest BCUT2D eigenvalue weighted by Crippen LogP contribution is -2.61. The Kier molecular flexibility index (Phi) is 4.01. The lowest BCUT2D eigenvalue weighted by Gasteiger charge is -2.43. The second-order valence-corrected chi connectivity index (χ2v) is 7.20. The summed E-state index contributed by atoms with van der Waals surface area (Å²) in [7, 11) is 1.59. The van der Waals surface area contributed by atoms with Crippen LogP contribution in [-0.2, 0) is 22.4 Å². The molecule has 7 heteroatoms. The zero-order chi connectivity index (χ0) is 17.6. The number of fused-ring (bicyclic) bond motifs is 1. The van der Waals surface area contributed by atoms with Crippen LogP contribution < -0.4 is 5.32 Å². The van der Waals surface area contributed by atoms with E-state index in [1.807, 2.05) is 0 Å². The highest BCUT2D eigenvalue weighted by molar-refractivity contribution is 5.94. The molecule has 3 aliphatic rings. The Labute approximate surface area is 146 Å². The molecule has 2 aliphatic heterocycles. The third kappa shape index (κ3) is 2.71. The van der Waals surface area contributed by atoms with Crippen molar-refractivity contribution in [3.05, 3.63) is 23.2 Å². The van der Waals surface area contributed by atoms with Crippen LogP contribution >= 0.6 is 0 Å². The van der Waals surface area contributed by atoms with Crippen molar-refractivity contribution in [2.45, 2.75) is 38.1 Å². The number of likely N-dealkylation sites (tertiary alicyclic amines) is 2. The molecule has 3 heterocycles. The second-order valence-electron chi connectivity index (χ2n) is 7.20. The minimum absolute atomic E-state index is 0.000997. The van der Waals surface area contributed by atoms with Crippen LogP contribution in [0.25, 0.3) is 0 Å². The molecule has 2 fully saturated rings. The average Bonchev–Trinajstić information content (AvgIpc) is 3.17. The molecule has 2 saturated heterocycles. The fourth-order valence-corrected chi connectivity index (χ4v) is 4.12. The standard InChI is InChI=1S/C18H23N3O4/c1-19-17(23)12-6-15(22)21(7-12)13-8-20(9-13)18(24)16-14-5-3-2-4-11(14)10-25-16/h10,12-13H,2-9H2,1H3,(H,19,23). The summed E-state index contributed by atoms with van der Waals surface area (Å²) in [4.78, 5) is 40.1. The summed E-state index contributed by atoms with van der Waals surface area (Å²) in [6, 6.07) is 0.0110. The maximum absolute atomic E-state index is 12.7. The van der Waals surface area contributed by atoms with E-state index in [0.29, 0.717) is 25.4 Å². The second kappa shape index (κ2) is 6.20. The fourth-order valence-electron chi connectivity index (χ4n) is 4.12. The number of hydrogen-bond acceptors (Lipinski definition) is 4. The summed E-state index contributed by atoms with van der Waals surface area (Å²) in [5.41, 5.74) is 2.23. The highest BCUT2D eigenvalue weighted by atomic mass is 16.3. The third-order valence-corrected chi connectivity index (χ3v) is 5.66. The zero-order valence-electron chi connectivity index (χ0n) is 14.4. The van der Waals surface area contributed by atoms with Crippen LogP contribution in [0.3, 0.4) is 0 Å². The van der Waals surface area contributed by atoms with E-state index in [-0.39, 0.29) is 36.1 Å². The van der Waals surface area contributed by atoms with Crippen LogP contribution in [0.1, 0.15) is 40.9 Å². The molecule has 1 N–H and O–H groups in total. The molecule has 7 nitrogen and oxygen atoms in total.